The summed E-state index contributed by atoms with van der Waals surface area (Å²) in [7, 11) is 0. The molecule has 0 bridgehead atoms. The van der Waals surface area contributed by atoms with E-state index in [0.29, 0.717) is 0 Å². The lowest BCUT2D eigenvalue weighted by Gasteiger charge is -2.16. The van der Waals surface area contributed by atoms with Gasteiger partial charge in [-0.15, -0.1) is 0 Å². The molecule has 0 aromatic heterocycles. The molecule has 102 valence electrons. The summed E-state index contributed by atoms with van der Waals surface area (Å²) in [5.74, 6) is -1.96. The molecule has 1 fully saturated rings. The first kappa shape index (κ1) is 13.5. The van der Waals surface area contributed by atoms with E-state index in [4.69, 9.17) is 5.11 Å². The second-order valence-corrected chi connectivity index (χ2v) is 4.68. The Bertz CT molecular complexity index is 519. The quantitative estimate of drug-likeness (QED) is 0.774. The first-order chi connectivity index (χ1) is 8.99. The van der Waals surface area contributed by atoms with Crippen molar-refractivity contribution < 1.29 is 19.1 Å². The van der Waals surface area contributed by atoms with Gasteiger partial charge < -0.3 is 15.7 Å². The summed E-state index contributed by atoms with van der Waals surface area (Å²) in [6.07, 6.45) is 0.882. The summed E-state index contributed by atoms with van der Waals surface area (Å²) in [5, 5.41) is 14.5. The van der Waals surface area contributed by atoms with Crippen LogP contribution in [0.2, 0.25) is 0 Å². The minimum absolute atomic E-state index is 0.0154. The van der Waals surface area contributed by atoms with Crippen LogP contribution in [0, 0.1) is 11.7 Å². The van der Waals surface area contributed by atoms with Gasteiger partial charge in [0.15, 0.2) is 0 Å². The topological polar surface area (TPSA) is 78.4 Å². The van der Waals surface area contributed by atoms with E-state index in [-0.39, 0.29) is 29.1 Å². The standard InChI is InChI=1S/C13H15FN2O3/c1-7-4-5-15-11(7)12(17)16-10-6-8(14)2-3-9(10)13(18)19/h2-3,6-7,11,15H,4-5H2,1H3,(H,16,17)(H,18,19). The third-order valence-electron chi connectivity index (χ3n) is 3.29. The van der Waals surface area contributed by atoms with Crippen LogP contribution >= 0.6 is 0 Å². The van der Waals surface area contributed by atoms with Gasteiger partial charge in [0.1, 0.15) is 5.82 Å². The Kier molecular flexibility index (Phi) is 3.80. The number of hydrogen-bond donors (Lipinski definition) is 3. The summed E-state index contributed by atoms with van der Waals surface area (Å²) in [6, 6.07) is 2.83. The van der Waals surface area contributed by atoms with Gasteiger partial charge in [0.05, 0.1) is 17.3 Å². The Morgan fingerprint density at radius 2 is 2.21 bits per heavy atom. The number of amides is 1. The second kappa shape index (κ2) is 5.36. The van der Waals surface area contributed by atoms with Crippen molar-refractivity contribution >= 4 is 17.6 Å². The molecule has 1 heterocycles. The third kappa shape index (κ3) is 2.90. The number of aromatic carboxylic acids is 1. The molecule has 0 radical (unpaired) electrons. The number of hydrogen-bond acceptors (Lipinski definition) is 3. The SMILES string of the molecule is CC1CCNC1C(=O)Nc1cc(F)ccc1C(=O)O. The molecule has 1 saturated heterocycles. The molecule has 0 saturated carbocycles. The van der Waals surface area contributed by atoms with Gasteiger partial charge in [-0.05, 0) is 37.1 Å². The first-order valence-electron chi connectivity index (χ1n) is 6.06. The second-order valence-electron chi connectivity index (χ2n) is 4.68. The summed E-state index contributed by atoms with van der Waals surface area (Å²) in [4.78, 5) is 23.0. The van der Waals surface area contributed by atoms with Crippen LogP contribution in [0.4, 0.5) is 10.1 Å². The number of carbonyl (C=O) groups is 2. The molecule has 2 atom stereocenters. The molecule has 1 aliphatic rings. The number of halogens is 1. The Morgan fingerprint density at radius 3 is 2.79 bits per heavy atom. The van der Waals surface area contributed by atoms with E-state index in [2.05, 4.69) is 10.6 Å². The molecule has 1 aromatic rings. The number of rotatable bonds is 3. The molecule has 2 unspecified atom stereocenters. The first-order valence-corrected chi connectivity index (χ1v) is 6.06. The zero-order valence-electron chi connectivity index (χ0n) is 10.4. The van der Waals surface area contributed by atoms with Crippen LogP contribution in [-0.4, -0.2) is 29.6 Å². The Balaban J connectivity index is 2.20. The van der Waals surface area contributed by atoms with E-state index >= 15 is 0 Å². The molecular formula is C13H15FN2O3. The highest BCUT2D eigenvalue weighted by molar-refractivity contribution is 6.02. The van der Waals surface area contributed by atoms with Gasteiger partial charge in [-0.1, -0.05) is 6.92 Å². The van der Waals surface area contributed by atoms with Gasteiger partial charge in [-0.3, -0.25) is 4.79 Å². The molecule has 5 nitrogen and oxygen atoms in total. The summed E-state index contributed by atoms with van der Waals surface area (Å²) in [6.45, 7) is 2.68. The molecule has 6 heteroatoms. The summed E-state index contributed by atoms with van der Waals surface area (Å²) in [5.41, 5.74) is -0.140. The van der Waals surface area contributed by atoms with Gasteiger partial charge in [0.2, 0.25) is 5.91 Å². The van der Waals surface area contributed by atoms with Crippen molar-refractivity contribution in [1.82, 2.24) is 5.32 Å². The number of carbonyl (C=O) groups excluding carboxylic acids is 1. The lowest BCUT2D eigenvalue weighted by Crippen LogP contribution is -2.39. The van der Waals surface area contributed by atoms with Gasteiger partial charge >= 0.3 is 5.97 Å². The maximum atomic E-state index is 13.2. The van der Waals surface area contributed by atoms with Crippen molar-refractivity contribution in [3.63, 3.8) is 0 Å². The molecule has 3 N–H and O–H groups in total. The predicted molar refractivity (Wildman–Crippen MR) is 67.6 cm³/mol. The summed E-state index contributed by atoms with van der Waals surface area (Å²) >= 11 is 0. The predicted octanol–water partition coefficient (Wildman–Crippen LogP) is 1.46. The van der Waals surface area contributed by atoms with E-state index in [1.54, 1.807) is 0 Å². The van der Waals surface area contributed by atoms with Crippen LogP contribution in [0.1, 0.15) is 23.7 Å². The highest BCUT2D eigenvalue weighted by Gasteiger charge is 2.29. The number of nitrogens with one attached hydrogen (secondary N) is 2. The molecule has 0 aliphatic carbocycles. The molecular weight excluding hydrogens is 251 g/mol. The van der Waals surface area contributed by atoms with Gasteiger partial charge in [0.25, 0.3) is 0 Å². The molecule has 0 spiro atoms. The lowest BCUT2D eigenvalue weighted by atomic mass is 10.0. The molecule has 2 rings (SSSR count). The maximum absolute atomic E-state index is 13.2. The van der Waals surface area contributed by atoms with E-state index in [0.717, 1.165) is 31.2 Å². The molecule has 1 aromatic carbocycles. The van der Waals surface area contributed by atoms with Crippen molar-refractivity contribution in [3.8, 4) is 0 Å². The minimum Gasteiger partial charge on any atom is -0.478 e. The summed E-state index contributed by atoms with van der Waals surface area (Å²) < 4.78 is 13.2. The van der Waals surface area contributed by atoms with Crippen molar-refractivity contribution in [3.05, 3.63) is 29.6 Å². The Hall–Kier alpha value is -1.95. The van der Waals surface area contributed by atoms with E-state index in [9.17, 15) is 14.0 Å². The van der Waals surface area contributed by atoms with Crippen LogP contribution in [-0.2, 0) is 4.79 Å². The van der Waals surface area contributed by atoms with Crippen molar-refractivity contribution in [2.45, 2.75) is 19.4 Å². The number of carboxylic acid groups (broad SMARTS) is 1. The number of anilines is 1. The number of benzene rings is 1. The van der Waals surface area contributed by atoms with Crippen molar-refractivity contribution in [2.24, 2.45) is 5.92 Å². The molecule has 1 amide bonds. The van der Waals surface area contributed by atoms with Crippen molar-refractivity contribution in [1.29, 1.82) is 0 Å². The van der Waals surface area contributed by atoms with Crippen LogP contribution in [0.3, 0.4) is 0 Å². The van der Waals surface area contributed by atoms with Crippen LogP contribution < -0.4 is 10.6 Å². The monoisotopic (exact) mass is 266 g/mol. The van der Waals surface area contributed by atoms with E-state index in [1.165, 1.54) is 0 Å². The highest BCUT2D eigenvalue weighted by atomic mass is 19.1. The van der Waals surface area contributed by atoms with Crippen LogP contribution in [0.25, 0.3) is 0 Å². The zero-order valence-corrected chi connectivity index (χ0v) is 10.4. The molecule has 1 aliphatic heterocycles. The number of carboxylic acids is 1. The van der Waals surface area contributed by atoms with Gasteiger partial charge in [0, 0.05) is 0 Å². The van der Waals surface area contributed by atoms with Crippen molar-refractivity contribution in [2.75, 3.05) is 11.9 Å². The smallest absolute Gasteiger partial charge is 0.337 e. The third-order valence-corrected chi connectivity index (χ3v) is 3.29. The molecule has 19 heavy (non-hydrogen) atoms. The van der Waals surface area contributed by atoms with Crippen LogP contribution in [0.5, 0.6) is 0 Å². The van der Waals surface area contributed by atoms with E-state index < -0.39 is 11.8 Å². The highest BCUT2D eigenvalue weighted by Crippen LogP contribution is 2.20. The van der Waals surface area contributed by atoms with Gasteiger partial charge in [-0.25, -0.2) is 9.18 Å². The lowest BCUT2D eigenvalue weighted by molar-refractivity contribution is -0.118. The normalized spacial score (nSPS) is 22.2. The zero-order chi connectivity index (χ0) is 14.0. The Labute approximate surface area is 109 Å². The average Bonchev–Trinajstić information content (AvgIpc) is 2.75. The van der Waals surface area contributed by atoms with Crippen LogP contribution in [0.15, 0.2) is 18.2 Å². The maximum Gasteiger partial charge on any atom is 0.337 e. The average molecular weight is 266 g/mol. The fourth-order valence-corrected chi connectivity index (χ4v) is 2.20. The fraction of sp³-hybridized carbons (Fsp3) is 0.385. The largest absolute Gasteiger partial charge is 0.478 e. The minimum atomic E-state index is -1.21. The fourth-order valence-electron chi connectivity index (χ4n) is 2.20. The van der Waals surface area contributed by atoms with E-state index in [1.807, 2.05) is 6.92 Å². The Morgan fingerprint density at radius 1 is 1.47 bits per heavy atom. The van der Waals surface area contributed by atoms with Gasteiger partial charge in [-0.2, -0.15) is 0 Å².